The number of fused-ring (bicyclic) bond motifs is 2. The smallest absolute Gasteiger partial charge is 0.317 e. The number of anilines is 1. The van der Waals surface area contributed by atoms with Crippen molar-refractivity contribution in [3.05, 3.63) is 29.8 Å². The predicted molar refractivity (Wildman–Crippen MR) is 87.4 cm³/mol. The Balaban J connectivity index is 1.60. The zero-order valence-corrected chi connectivity index (χ0v) is 13.4. The van der Waals surface area contributed by atoms with E-state index >= 15 is 0 Å². The van der Waals surface area contributed by atoms with Crippen molar-refractivity contribution in [1.29, 1.82) is 0 Å². The standard InChI is InChI=1S/C17H23N3O3/c1-2-23-11-5-9-18-16(22)20-10-8-17(12-20)13-6-3-4-7-14(13)19-15(17)21/h3-4,6-7H,2,5,8-12H2,1H3,(H,18,22)(H,19,21)/t17-/m0/s1. The van der Waals surface area contributed by atoms with Crippen molar-refractivity contribution in [2.24, 2.45) is 0 Å². The van der Waals surface area contributed by atoms with Crippen LogP contribution in [0.1, 0.15) is 25.3 Å². The van der Waals surface area contributed by atoms with Gasteiger partial charge in [-0.25, -0.2) is 4.79 Å². The third-order valence-corrected chi connectivity index (χ3v) is 4.63. The minimum Gasteiger partial charge on any atom is -0.382 e. The molecule has 0 saturated carbocycles. The summed E-state index contributed by atoms with van der Waals surface area (Å²) in [5.41, 5.74) is 1.30. The fraction of sp³-hybridized carbons (Fsp3) is 0.529. The summed E-state index contributed by atoms with van der Waals surface area (Å²) in [6.45, 7) is 4.91. The van der Waals surface area contributed by atoms with Gasteiger partial charge in [-0.2, -0.15) is 0 Å². The first-order chi connectivity index (χ1) is 11.2. The molecule has 124 valence electrons. The Morgan fingerprint density at radius 3 is 3.09 bits per heavy atom. The van der Waals surface area contributed by atoms with Gasteiger partial charge in [-0.05, 0) is 31.4 Å². The lowest BCUT2D eigenvalue weighted by atomic mass is 9.81. The van der Waals surface area contributed by atoms with Crippen LogP contribution in [-0.4, -0.2) is 49.7 Å². The maximum atomic E-state index is 12.5. The maximum absolute atomic E-state index is 12.5. The fourth-order valence-electron chi connectivity index (χ4n) is 3.39. The number of urea groups is 1. The van der Waals surface area contributed by atoms with Crippen LogP contribution in [0.4, 0.5) is 10.5 Å². The summed E-state index contributed by atoms with van der Waals surface area (Å²) < 4.78 is 5.25. The van der Waals surface area contributed by atoms with Crippen molar-refractivity contribution in [1.82, 2.24) is 10.2 Å². The van der Waals surface area contributed by atoms with Crippen LogP contribution in [0.5, 0.6) is 0 Å². The molecule has 1 aromatic carbocycles. The fourth-order valence-corrected chi connectivity index (χ4v) is 3.39. The van der Waals surface area contributed by atoms with E-state index in [-0.39, 0.29) is 11.9 Å². The van der Waals surface area contributed by atoms with Crippen molar-refractivity contribution in [3.8, 4) is 0 Å². The number of hydrogen-bond acceptors (Lipinski definition) is 3. The second-order valence-corrected chi connectivity index (χ2v) is 6.04. The van der Waals surface area contributed by atoms with Gasteiger partial charge < -0.3 is 20.3 Å². The first kappa shape index (κ1) is 15.8. The van der Waals surface area contributed by atoms with E-state index in [0.29, 0.717) is 39.3 Å². The van der Waals surface area contributed by atoms with Crippen molar-refractivity contribution < 1.29 is 14.3 Å². The number of amides is 3. The van der Waals surface area contributed by atoms with Crippen LogP contribution >= 0.6 is 0 Å². The van der Waals surface area contributed by atoms with E-state index in [1.54, 1.807) is 4.90 Å². The molecule has 1 saturated heterocycles. The molecule has 6 nitrogen and oxygen atoms in total. The van der Waals surface area contributed by atoms with Crippen LogP contribution in [0.2, 0.25) is 0 Å². The van der Waals surface area contributed by atoms with E-state index in [2.05, 4.69) is 10.6 Å². The van der Waals surface area contributed by atoms with Crippen LogP contribution in [0, 0.1) is 0 Å². The van der Waals surface area contributed by atoms with Gasteiger partial charge in [-0.1, -0.05) is 18.2 Å². The summed E-state index contributed by atoms with van der Waals surface area (Å²) >= 11 is 0. The number of nitrogens with one attached hydrogen (secondary N) is 2. The minimum atomic E-state index is -0.584. The minimum absolute atomic E-state index is 0.00495. The molecule has 1 atom stereocenters. The Labute approximate surface area is 136 Å². The molecule has 2 aliphatic heterocycles. The predicted octanol–water partition coefficient (Wildman–Crippen LogP) is 1.72. The van der Waals surface area contributed by atoms with Crippen molar-refractivity contribution in [2.45, 2.75) is 25.2 Å². The summed E-state index contributed by atoms with van der Waals surface area (Å²) in [7, 11) is 0. The molecule has 2 heterocycles. The highest BCUT2D eigenvalue weighted by Gasteiger charge is 2.51. The number of para-hydroxylation sites is 1. The Morgan fingerprint density at radius 1 is 1.43 bits per heavy atom. The number of rotatable bonds is 5. The third-order valence-electron chi connectivity index (χ3n) is 4.63. The molecule has 23 heavy (non-hydrogen) atoms. The molecule has 0 radical (unpaired) electrons. The van der Waals surface area contributed by atoms with E-state index in [4.69, 9.17) is 4.74 Å². The van der Waals surface area contributed by atoms with Crippen LogP contribution in [0.15, 0.2) is 24.3 Å². The van der Waals surface area contributed by atoms with E-state index in [1.807, 2.05) is 31.2 Å². The number of nitrogens with zero attached hydrogens (tertiary/aromatic N) is 1. The van der Waals surface area contributed by atoms with Crippen LogP contribution in [0.25, 0.3) is 0 Å². The highest BCUT2D eigenvalue weighted by molar-refractivity contribution is 6.07. The zero-order chi connectivity index (χ0) is 16.3. The number of likely N-dealkylation sites (tertiary alicyclic amines) is 1. The van der Waals surface area contributed by atoms with Gasteiger partial charge in [0, 0.05) is 38.5 Å². The van der Waals surface area contributed by atoms with Gasteiger partial charge in [-0.3, -0.25) is 4.79 Å². The SMILES string of the molecule is CCOCCCNC(=O)N1CC[C@@]2(C1)C(=O)Nc1ccccc12. The van der Waals surface area contributed by atoms with E-state index in [0.717, 1.165) is 17.7 Å². The van der Waals surface area contributed by atoms with Gasteiger partial charge in [-0.15, -0.1) is 0 Å². The molecular formula is C17H23N3O3. The Kier molecular flexibility index (Phi) is 4.52. The lowest BCUT2D eigenvalue weighted by Gasteiger charge is -2.22. The number of hydrogen-bond donors (Lipinski definition) is 2. The molecule has 2 aliphatic rings. The van der Waals surface area contributed by atoms with Gasteiger partial charge in [0.15, 0.2) is 0 Å². The van der Waals surface area contributed by atoms with E-state index in [9.17, 15) is 9.59 Å². The normalized spacial score (nSPS) is 22.3. The van der Waals surface area contributed by atoms with Crippen LogP contribution < -0.4 is 10.6 Å². The monoisotopic (exact) mass is 317 g/mol. The maximum Gasteiger partial charge on any atom is 0.317 e. The summed E-state index contributed by atoms with van der Waals surface area (Å²) in [6.07, 6.45) is 1.46. The van der Waals surface area contributed by atoms with Crippen molar-refractivity contribution in [3.63, 3.8) is 0 Å². The largest absolute Gasteiger partial charge is 0.382 e. The molecule has 2 N–H and O–H groups in total. The van der Waals surface area contributed by atoms with Crippen molar-refractivity contribution >= 4 is 17.6 Å². The molecule has 0 bridgehead atoms. The second kappa shape index (κ2) is 6.58. The Morgan fingerprint density at radius 2 is 2.26 bits per heavy atom. The first-order valence-corrected chi connectivity index (χ1v) is 8.19. The van der Waals surface area contributed by atoms with Gasteiger partial charge >= 0.3 is 6.03 Å². The average molecular weight is 317 g/mol. The van der Waals surface area contributed by atoms with Gasteiger partial charge in [0.05, 0.1) is 5.41 Å². The molecule has 0 unspecified atom stereocenters. The average Bonchev–Trinajstić information content (AvgIpc) is 3.12. The summed E-state index contributed by atoms with van der Waals surface area (Å²) in [5.74, 6) is 0.00495. The van der Waals surface area contributed by atoms with Crippen molar-refractivity contribution in [2.75, 3.05) is 38.2 Å². The third kappa shape index (κ3) is 2.91. The number of ether oxygens (including phenoxy) is 1. The quantitative estimate of drug-likeness (QED) is 0.812. The Hall–Kier alpha value is -2.08. The zero-order valence-electron chi connectivity index (χ0n) is 13.4. The Bertz CT molecular complexity index is 605. The lowest BCUT2D eigenvalue weighted by Crippen LogP contribution is -2.43. The lowest BCUT2D eigenvalue weighted by molar-refractivity contribution is -0.120. The van der Waals surface area contributed by atoms with E-state index in [1.165, 1.54) is 0 Å². The number of carbonyl (C=O) groups is 2. The topological polar surface area (TPSA) is 70.7 Å². The summed E-state index contributed by atoms with van der Waals surface area (Å²) in [5, 5.41) is 5.85. The van der Waals surface area contributed by atoms with Gasteiger partial charge in [0.1, 0.15) is 0 Å². The van der Waals surface area contributed by atoms with Crippen LogP contribution in [0.3, 0.4) is 0 Å². The molecule has 1 aromatic rings. The van der Waals surface area contributed by atoms with Gasteiger partial charge in [0.2, 0.25) is 5.91 Å². The summed E-state index contributed by atoms with van der Waals surface area (Å²) in [6, 6.07) is 7.65. The van der Waals surface area contributed by atoms with Crippen LogP contribution in [-0.2, 0) is 14.9 Å². The molecule has 3 rings (SSSR count). The molecule has 0 aliphatic carbocycles. The molecule has 1 fully saturated rings. The van der Waals surface area contributed by atoms with Gasteiger partial charge in [0.25, 0.3) is 0 Å². The molecule has 0 aromatic heterocycles. The van der Waals surface area contributed by atoms with E-state index < -0.39 is 5.41 Å². The molecule has 6 heteroatoms. The number of benzene rings is 1. The molecule has 3 amide bonds. The molecular weight excluding hydrogens is 294 g/mol. The second-order valence-electron chi connectivity index (χ2n) is 6.04. The highest BCUT2D eigenvalue weighted by Crippen LogP contribution is 2.43. The number of carbonyl (C=O) groups excluding carboxylic acids is 2. The first-order valence-electron chi connectivity index (χ1n) is 8.19. The highest BCUT2D eigenvalue weighted by atomic mass is 16.5. The summed E-state index contributed by atoms with van der Waals surface area (Å²) in [4.78, 5) is 26.5. The molecule has 1 spiro atoms.